The van der Waals surface area contributed by atoms with Crippen LogP contribution < -0.4 is 5.32 Å². The Labute approximate surface area is 205 Å². The highest BCUT2D eigenvalue weighted by atomic mass is 32.1. The maximum atomic E-state index is 12.0. The van der Waals surface area contributed by atoms with Gasteiger partial charge in [-0.3, -0.25) is 14.9 Å². The molecule has 0 unspecified atom stereocenters. The van der Waals surface area contributed by atoms with Gasteiger partial charge in [0.2, 0.25) is 5.91 Å². The van der Waals surface area contributed by atoms with Crippen molar-refractivity contribution in [3.8, 4) is 33.0 Å². The van der Waals surface area contributed by atoms with Gasteiger partial charge in [-0.25, -0.2) is 4.98 Å². The van der Waals surface area contributed by atoms with Crippen LogP contribution in [0.3, 0.4) is 0 Å². The number of aromatic amines is 2. The number of nitrogens with zero attached hydrogens (tertiary/aromatic N) is 3. The van der Waals surface area contributed by atoms with Crippen LogP contribution in [-0.2, 0) is 4.79 Å². The van der Waals surface area contributed by atoms with E-state index in [1.165, 1.54) is 4.88 Å². The number of rotatable bonds is 6. The van der Waals surface area contributed by atoms with Crippen LogP contribution in [0.15, 0.2) is 72.5 Å². The second-order valence-corrected chi connectivity index (χ2v) is 9.32. The molecule has 7 nitrogen and oxygen atoms in total. The van der Waals surface area contributed by atoms with E-state index < -0.39 is 0 Å². The third-order valence-corrected chi connectivity index (χ3v) is 6.87. The molecule has 1 aromatic carbocycles. The summed E-state index contributed by atoms with van der Waals surface area (Å²) < 4.78 is 0. The zero-order chi connectivity index (χ0) is 23.8. The number of hydrogen-bond donors (Lipinski definition) is 3. The molecule has 6 aromatic rings. The third kappa shape index (κ3) is 3.98. The Bertz CT molecular complexity index is 1660. The quantitative estimate of drug-likeness (QED) is 0.250. The molecule has 3 N–H and O–H groups in total. The highest BCUT2D eigenvalue weighted by molar-refractivity contribution is 7.13. The van der Waals surface area contributed by atoms with Gasteiger partial charge < -0.3 is 10.3 Å². The molecule has 1 amide bonds. The fourth-order valence-corrected chi connectivity index (χ4v) is 5.08. The molecule has 0 atom stereocenters. The number of H-pyrrole nitrogens is 2. The van der Waals surface area contributed by atoms with Crippen molar-refractivity contribution in [3.05, 3.63) is 72.5 Å². The molecular weight excluding hydrogens is 456 g/mol. The Hall–Kier alpha value is -4.30. The van der Waals surface area contributed by atoms with Crippen LogP contribution in [0.1, 0.15) is 19.8 Å². The first-order valence-electron chi connectivity index (χ1n) is 11.4. The molecule has 6 rings (SSSR count). The number of carbonyl (C=O) groups excluding carboxylic acids is 1. The van der Waals surface area contributed by atoms with Crippen LogP contribution in [0.5, 0.6) is 0 Å². The van der Waals surface area contributed by atoms with Crippen LogP contribution in [0.4, 0.5) is 5.69 Å². The van der Waals surface area contributed by atoms with Gasteiger partial charge in [0.05, 0.1) is 23.1 Å². The van der Waals surface area contributed by atoms with Gasteiger partial charge in [0.1, 0.15) is 11.3 Å². The molecule has 172 valence electrons. The van der Waals surface area contributed by atoms with Crippen LogP contribution in [0, 0.1) is 0 Å². The number of anilines is 1. The van der Waals surface area contributed by atoms with Crippen LogP contribution in [0.25, 0.3) is 54.9 Å². The van der Waals surface area contributed by atoms with Crippen molar-refractivity contribution in [2.45, 2.75) is 19.8 Å². The topological polar surface area (TPSA) is 99.3 Å². The second kappa shape index (κ2) is 8.81. The Morgan fingerprint density at radius 1 is 1.06 bits per heavy atom. The second-order valence-electron chi connectivity index (χ2n) is 8.37. The zero-order valence-electron chi connectivity index (χ0n) is 19.0. The predicted octanol–water partition coefficient (Wildman–Crippen LogP) is 6.64. The third-order valence-electron chi connectivity index (χ3n) is 5.97. The molecule has 5 heterocycles. The molecule has 0 aliphatic heterocycles. The first-order chi connectivity index (χ1) is 17.2. The van der Waals surface area contributed by atoms with Gasteiger partial charge in [0.15, 0.2) is 0 Å². The maximum Gasteiger partial charge on any atom is 0.224 e. The van der Waals surface area contributed by atoms with Crippen molar-refractivity contribution in [3.63, 3.8) is 0 Å². The summed E-state index contributed by atoms with van der Waals surface area (Å²) in [5.41, 5.74) is 7.26. The first-order valence-corrected chi connectivity index (χ1v) is 12.3. The summed E-state index contributed by atoms with van der Waals surface area (Å²) in [7, 11) is 0. The average molecular weight is 479 g/mol. The summed E-state index contributed by atoms with van der Waals surface area (Å²) in [4.78, 5) is 25.5. The number of benzene rings is 1. The van der Waals surface area contributed by atoms with E-state index in [2.05, 4.69) is 60.1 Å². The number of aromatic nitrogens is 5. The molecule has 0 aliphatic rings. The van der Waals surface area contributed by atoms with E-state index in [4.69, 9.17) is 0 Å². The number of carbonyl (C=O) groups is 1. The molecule has 0 aliphatic carbocycles. The van der Waals surface area contributed by atoms with Gasteiger partial charge in [-0.05, 0) is 53.8 Å². The molecular formula is C27H22N6OS. The summed E-state index contributed by atoms with van der Waals surface area (Å²) in [5, 5.41) is 14.8. The number of nitrogens with one attached hydrogen (secondary N) is 3. The zero-order valence-corrected chi connectivity index (χ0v) is 19.8. The highest BCUT2D eigenvalue weighted by Crippen LogP contribution is 2.36. The Morgan fingerprint density at radius 2 is 2.00 bits per heavy atom. The maximum absolute atomic E-state index is 12.0. The van der Waals surface area contributed by atoms with Crippen molar-refractivity contribution < 1.29 is 4.79 Å². The van der Waals surface area contributed by atoms with Crippen molar-refractivity contribution in [2.75, 3.05) is 5.32 Å². The van der Waals surface area contributed by atoms with Crippen molar-refractivity contribution in [2.24, 2.45) is 0 Å². The molecule has 0 spiro atoms. The van der Waals surface area contributed by atoms with Gasteiger partial charge in [0, 0.05) is 45.6 Å². The summed E-state index contributed by atoms with van der Waals surface area (Å²) in [6.07, 6.45) is 6.59. The lowest BCUT2D eigenvalue weighted by atomic mass is 10.0. The molecule has 0 radical (unpaired) electrons. The highest BCUT2D eigenvalue weighted by Gasteiger charge is 2.15. The minimum atomic E-state index is -0.00615. The monoisotopic (exact) mass is 478 g/mol. The van der Waals surface area contributed by atoms with E-state index in [1.54, 1.807) is 23.7 Å². The van der Waals surface area contributed by atoms with Crippen molar-refractivity contribution >= 4 is 44.9 Å². The lowest BCUT2D eigenvalue weighted by molar-refractivity contribution is -0.116. The molecule has 5 aromatic heterocycles. The molecule has 8 heteroatoms. The lowest BCUT2D eigenvalue weighted by Crippen LogP contribution is -2.10. The van der Waals surface area contributed by atoms with Gasteiger partial charge in [-0.1, -0.05) is 19.1 Å². The summed E-state index contributed by atoms with van der Waals surface area (Å²) in [6, 6.07) is 16.4. The van der Waals surface area contributed by atoms with Gasteiger partial charge in [-0.15, -0.1) is 11.3 Å². The van der Waals surface area contributed by atoms with Crippen molar-refractivity contribution in [1.29, 1.82) is 0 Å². The largest absolute Gasteiger partial charge is 0.338 e. The fourth-order valence-electron chi connectivity index (χ4n) is 4.32. The smallest absolute Gasteiger partial charge is 0.224 e. The summed E-state index contributed by atoms with van der Waals surface area (Å²) in [6.45, 7) is 1.98. The van der Waals surface area contributed by atoms with E-state index in [1.807, 2.05) is 37.4 Å². The molecule has 0 saturated heterocycles. The number of hydrogen-bond acceptors (Lipinski definition) is 5. The molecule has 0 bridgehead atoms. The standard InChI is InChI=1S/C27H22N6OS/c1-2-4-25(34)30-18-11-17(14-28-15-18)16-6-7-22-21(12-16)26(33-32-22)23-13-20-19(24-5-3-10-35-24)8-9-29-27(20)31-23/h3,5-15H,2,4H2,1H3,(H,29,31)(H,30,34)(H,32,33). The normalized spacial score (nSPS) is 11.3. The van der Waals surface area contributed by atoms with E-state index >= 15 is 0 Å². The number of pyridine rings is 2. The van der Waals surface area contributed by atoms with E-state index in [0.717, 1.165) is 56.4 Å². The minimum Gasteiger partial charge on any atom is -0.338 e. The minimum absolute atomic E-state index is 0.00615. The Morgan fingerprint density at radius 3 is 2.86 bits per heavy atom. The number of thiophene rings is 1. The summed E-state index contributed by atoms with van der Waals surface area (Å²) in [5.74, 6) is -0.00615. The van der Waals surface area contributed by atoms with E-state index in [0.29, 0.717) is 12.1 Å². The molecule has 0 fully saturated rings. The Balaban J connectivity index is 1.40. The summed E-state index contributed by atoms with van der Waals surface area (Å²) >= 11 is 1.71. The Kier molecular flexibility index (Phi) is 5.35. The van der Waals surface area contributed by atoms with Crippen molar-refractivity contribution in [1.82, 2.24) is 25.1 Å². The van der Waals surface area contributed by atoms with Crippen LogP contribution in [-0.4, -0.2) is 31.1 Å². The van der Waals surface area contributed by atoms with Gasteiger partial charge in [0.25, 0.3) is 0 Å². The molecule has 35 heavy (non-hydrogen) atoms. The average Bonchev–Trinajstić information content (AvgIpc) is 3.63. The number of fused-ring (bicyclic) bond motifs is 2. The first kappa shape index (κ1) is 21.2. The van der Waals surface area contributed by atoms with Crippen LogP contribution >= 0.6 is 11.3 Å². The number of amides is 1. The van der Waals surface area contributed by atoms with E-state index in [-0.39, 0.29) is 5.91 Å². The molecule has 0 saturated carbocycles. The fraction of sp³-hybridized carbons (Fsp3) is 0.111. The van der Waals surface area contributed by atoms with E-state index in [9.17, 15) is 4.79 Å². The lowest BCUT2D eigenvalue weighted by Gasteiger charge is -2.07. The van der Waals surface area contributed by atoms with Gasteiger partial charge in [-0.2, -0.15) is 5.10 Å². The van der Waals surface area contributed by atoms with Gasteiger partial charge >= 0.3 is 0 Å². The predicted molar refractivity (Wildman–Crippen MR) is 141 cm³/mol. The SMILES string of the molecule is CCCC(=O)Nc1cncc(-c2ccc3[nH]nc(-c4cc5c(-c6cccs6)ccnc5[nH]4)c3c2)c1. The van der Waals surface area contributed by atoms with Crippen LogP contribution in [0.2, 0.25) is 0 Å².